The van der Waals surface area contributed by atoms with Crippen LogP contribution in [0, 0.1) is 5.82 Å². The largest absolute Gasteiger partial charge is 0.454 e. The maximum Gasteiger partial charge on any atom is 0.261 e. The highest BCUT2D eigenvalue weighted by Gasteiger charge is 2.17. The minimum atomic E-state index is -0.469. The van der Waals surface area contributed by atoms with Crippen LogP contribution in [0.1, 0.15) is 10.4 Å². The fraction of sp³-hybridized carbons (Fsp3) is 0.118. The maximum absolute atomic E-state index is 13.2. The van der Waals surface area contributed by atoms with Crippen molar-refractivity contribution in [2.45, 2.75) is 6.54 Å². The van der Waals surface area contributed by atoms with Crippen molar-refractivity contribution in [3.63, 3.8) is 0 Å². The van der Waals surface area contributed by atoms with Gasteiger partial charge >= 0.3 is 0 Å². The highest BCUT2D eigenvalue weighted by Crippen LogP contribution is 2.32. The van der Waals surface area contributed by atoms with Crippen molar-refractivity contribution < 1.29 is 18.7 Å². The number of ketones is 1. The van der Waals surface area contributed by atoms with E-state index in [2.05, 4.69) is 4.98 Å². The van der Waals surface area contributed by atoms with E-state index in [1.807, 2.05) is 0 Å². The molecule has 2 heterocycles. The molecule has 2 aromatic carbocycles. The number of hydrogen-bond acceptors (Lipinski definition) is 5. The predicted octanol–water partition coefficient (Wildman–Crippen LogP) is 2.15. The molecular weight excluding hydrogens is 315 g/mol. The first kappa shape index (κ1) is 14.4. The van der Waals surface area contributed by atoms with Crippen LogP contribution in [0.3, 0.4) is 0 Å². The predicted molar refractivity (Wildman–Crippen MR) is 82.9 cm³/mol. The van der Waals surface area contributed by atoms with Gasteiger partial charge in [0.2, 0.25) is 6.79 Å². The van der Waals surface area contributed by atoms with E-state index in [1.54, 1.807) is 18.2 Å². The Balaban J connectivity index is 1.66. The summed E-state index contributed by atoms with van der Waals surface area (Å²) in [5.74, 6) is 0.348. The van der Waals surface area contributed by atoms with Crippen LogP contribution < -0.4 is 15.0 Å². The van der Waals surface area contributed by atoms with Crippen LogP contribution in [-0.4, -0.2) is 22.1 Å². The summed E-state index contributed by atoms with van der Waals surface area (Å²) in [4.78, 5) is 28.8. The standard InChI is InChI=1S/C17H11FN2O4/c18-11-2-3-12-13(6-11)19-8-20(17(12)22)7-14(21)10-1-4-15-16(5-10)24-9-23-15/h1-6,8H,7,9H2. The Morgan fingerprint density at radius 2 is 2.00 bits per heavy atom. The Hall–Kier alpha value is -3.22. The molecule has 24 heavy (non-hydrogen) atoms. The van der Waals surface area contributed by atoms with E-state index in [9.17, 15) is 14.0 Å². The highest BCUT2D eigenvalue weighted by molar-refractivity contribution is 5.96. The van der Waals surface area contributed by atoms with Gasteiger partial charge in [-0.1, -0.05) is 0 Å². The summed E-state index contributed by atoms with van der Waals surface area (Å²) in [6.07, 6.45) is 1.25. The molecule has 1 aliphatic heterocycles. The van der Waals surface area contributed by atoms with Gasteiger partial charge in [-0.05, 0) is 30.3 Å². The van der Waals surface area contributed by atoms with Crippen LogP contribution >= 0.6 is 0 Å². The van der Waals surface area contributed by atoms with Gasteiger partial charge in [-0.3, -0.25) is 14.2 Å². The first-order valence-corrected chi connectivity index (χ1v) is 7.19. The summed E-state index contributed by atoms with van der Waals surface area (Å²) in [6, 6.07) is 8.59. The lowest BCUT2D eigenvalue weighted by atomic mass is 10.1. The van der Waals surface area contributed by atoms with E-state index >= 15 is 0 Å². The summed E-state index contributed by atoms with van der Waals surface area (Å²) in [5.41, 5.74) is 0.270. The number of Topliss-reactive ketones (excluding diaryl/α,β-unsaturated/α-hetero) is 1. The van der Waals surface area contributed by atoms with E-state index < -0.39 is 11.4 Å². The Bertz CT molecular complexity index is 1030. The summed E-state index contributed by atoms with van der Waals surface area (Å²) < 4.78 is 24.8. The summed E-state index contributed by atoms with van der Waals surface area (Å²) in [5, 5.41) is 0.261. The topological polar surface area (TPSA) is 70.4 Å². The fourth-order valence-electron chi connectivity index (χ4n) is 2.56. The number of carbonyl (C=O) groups is 1. The molecule has 6 nitrogen and oxygen atoms in total. The number of aromatic nitrogens is 2. The van der Waals surface area contributed by atoms with Gasteiger partial charge < -0.3 is 9.47 Å². The second-order valence-corrected chi connectivity index (χ2v) is 5.33. The molecule has 0 spiro atoms. The number of fused-ring (bicyclic) bond motifs is 2. The molecule has 0 amide bonds. The number of hydrogen-bond donors (Lipinski definition) is 0. The van der Waals surface area contributed by atoms with Crippen LogP contribution in [0.4, 0.5) is 4.39 Å². The van der Waals surface area contributed by atoms with E-state index in [-0.39, 0.29) is 30.0 Å². The molecule has 0 saturated heterocycles. The second-order valence-electron chi connectivity index (χ2n) is 5.33. The van der Waals surface area contributed by atoms with Gasteiger partial charge in [-0.15, -0.1) is 0 Å². The van der Waals surface area contributed by atoms with Gasteiger partial charge in [0.15, 0.2) is 17.3 Å². The minimum Gasteiger partial charge on any atom is -0.454 e. The van der Waals surface area contributed by atoms with Gasteiger partial charge in [0, 0.05) is 11.6 Å². The monoisotopic (exact) mass is 326 g/mol. The van der Waals surface area contributed by atoms with Crippen LogP contribution in [0.15, 0.2) is 47.5 Å². The number of benzene rings is 2. The number of halogens is 1. The average Bonchev–Trinajstić information content (AvgIpc) is 3.05. The quantitative estimate of drug-likeness (QED) is 0.690. The number of carbonyl (C=O) groups excluding carboxylic acids is 1. The average molecular weight is 326 g/mol. The van der Waals surface area contributed by atoms with Crippen molar-refractivity contribution in [1.29, 1.82) is 0 Å². The van der Waals surface area contributed by atoms with Gasteiger partial charge in [-0.2, -0.15) is 0 Å². The van der Waals surface area contributed by atoms with Crippen LogP contribution in [0.2, 0.25) is 0 Å². The van der Waals surface area contributed by atoms with Crippen molar-refractivity contribution in [3.05, 3.63) is 64.5 Å². The first-order valence-electron chi connectivity index (χ1n) is 7.19. The lowest BCUT2D eigenvalue weighted by Gasteiger charge is -2.07. The van der Waals surface area contributed by atoms with Gasteiger partial charge in [-0.25, -0.2) is 9.37 Å². The van der Waals surface area contributed by atoms with Crippen LogP contribution in [0.25, 0.3) is 10.9 Å². The molecular formula is C17H11FN2O4. The van der Waals surface area contributed by atoms with Gasteiger partial charge in [0.05, 0.1) is 23.8 Å². The van der Waals surface area contributed by atoms with Crippen molar-refractivity contribution in [2.24, 2.45) is 0 Å². The minimum absolute atomic E-state index is 0.123. The molecule has 0 unspecified atom stereocenters. The zero-order valence-electron chi connectivity index (χ0n) is 12.4. The molecule has 3 aromatic rings. The number of ether oxygens (including phenoxy) is 2. The van der Waals surface area contributed by atoms with Gasteiger partial charge in [0.1, 0.15) is 5.82 Å². The third-order valence-corrected chi connectivity index (χ3v) is 3.80. The van der Waals surface area contributed by atoms with Gasteiger partial charge in [0.25, 0.3) is 5.56 Å². The summed E-state index contributed by atoms with van der Waals surface area (Å²) in [7, 11) is 0. The third kappa shape index (κ3) is 2.40. The van der Waals surface area contributed by atoms with Crippen LogP contribution in [0.5, 0.6) is 11.5 Å². The summed E-state index contributed by atoms with van der Waals surface area (Å²) >= 11 is 0. The lowest BCUT2D eigenvalue weighted by molar-refractivity contribution is 0.0970. The maximum atomic E-state index is 13.2. The molecule has 120 valence electrons. The third-order valence-electron chi connectivity index (χ3n) is 3.80. The van der Waals surface area contributed by atoms with E-state index in [0.29, 0.717) is 17.1 Å². The molecule has 0 bridgehead atoms. The molecule has 1 aromatic heterocycles. The zero-order chi connectivity index (χ0) is 16.7. The number of rotatable bonds is 3. The van der Waals surface area contributed by atoms with Crippen molar-refractivity contribution in [3.8, 4) is 11.5 Å². The van der Waals surface area contributed by atoms with Crippen molar-refractivity contribution in [2.75, 3.05) is 6.79 Å². The molecule has 0 N–H and O–H groups in total. The highest BCUT2D eigenvalue weighted by atomic mass is 19.1. The Morgan fingerprint density at radius 1 is 1.17 bits per heavy atom. The first-order chi connectivity index (χ1) is 11.6. The SMILES string of the molecule is O=C(Cn1cnc2cc(F)ccc2c1=O)c1ccc2c(c1)OCO2. The van der Waals surface area contributed by atoms with Crippen molar-refractivity contribution in [1.82, 2.24) is 9.55 Å². The molecule has 1 aliphatic rings. The Kier molecular flexibility index (Phi) is 3.26. The zero-order valence-corrected chi connectivity index (χ0v) is 12.4. The molecule has 0 radical (unpaired) electrons. The second kappa shape index (κ2) is 5.45. The smallest absolute Gasteiger partial charge is 0.261 e. The normalized spacial score (nSPS) is 12.5. The molecule has 4 rings (SSSR count). The van der Waals surface area contributed by atoms with Crippen LogP contribution in [-0.2, 0) is 6.54 Å². The van der Waals surface area contributed by atoms with E-state index in [4.69, 9.17) is 9.47 Å². The van der Waals surface area contributed by atoms with E-state index in [1.165, 1.54) is 29.1 Å². The summed E-state index contributed by atoms with van der Waals surface area (Å²) in [6.45, 7) is -0.0453. The van der Waals surface area contributed by atoms with Crippen molar-refractivity contribution >= 4 is 16.7 Å². The molecule has 0 saturated carbocycles. The molecule has 7 heteroatoms. The Morgan fingerprint density at radius 3 is 2.88 bits per heavy atom. The lowest BCUT2D eigenvalue weighted by Crippen LogP contribution is -2.24. The molecule has 0 atom stereocenters. The Labute approximate surface area is 135 Å². The fourth-order valence-corrected chi connectivity index (χ4v) is 2.56. The molecule has 0 aliphatic carbocycles. The molecule has 0 fully saturated rings. The number of nitrogens with zero attached hydrogens (tertiary/aromatic N) is 2. The van der Waals surface area contributed by atoms with E-state index in [0.717, 1.165) is 0 Å².